The second-order valence-electron chi connectivity index (χ2n) is 10.9. The summed E-state index contributed by atoms with van der Waals surface area (Å²) in [6, 6.07) is 8.17. The van der Waals surface area contributed by atoms with Crippen molar-refractivity contribution in [1.82, 2.24) is 25.0 Å². The van der Waals surface area contributed by atoms with Crippen molar-refractivity contribution in [2.75, 3.05) is 32.7 Å². The molecule has 41 heavy (non-hydrogen) atoms. The van der Waals surface area contributed by atoms with Crippen LogP contribution in [0.1, 0.15) is 54.4 Å². The van der Waals surface area contributed by atoms with E-state index in [9.17, 15) is 19.5 Å². The molecule has 5 N–H and O–H groups in total. The lowest BCUT2D eigenvalue weighted by Crippen LogP contribution is -2.64. The van der Waals surface area contributed by atoms with Gasteiger partial charge in [-0.25, -0.2) is 4.98 Å². The number of amides is 2. The van der Waals surface area contributed by atoms with E-state index in [4.69, 9.17) is 11.1 Å². The maximum atomic E-state index is 13.5. The highest BCUT2D eigenvalue weighted by molar-refractivity contribution is 7.11. The molecule has 3 heterocycles. The zero-order valence-electron chi connectivity index (χ0n) is 23.6. The highest BCUT2D eigenvalue weighted by atomic mass is 32.1. The quantitative estimate of drug-likeness (QED) is 0.167. The fourth-order valence-corrected chi connectivity index (χ4v) is 6.36. The summed E-state index contributed by atoms with van der Waals surface area (Å²) in [4.78, 5) is 49.4. The van der Waals surface area contributed by atoms with Crippen LogP contribution in [0, 0.1) is 11.3 Å². The molecule has 2 fully saturated rings. The minimum atomic E-state index is -0.917. The molecule has 1 unspecified atom stereocenters. The van der Waals surface area contributed by atoms with Gasteiger partial charge >= 0.3 is 0 Å². The first kappa shape index (κ1) is 30.6. The molecule has 0 aliphatic carbocycles. The molecular weight excluding hydrogens is 542 g/mol. The molecule has 1 aromatic heterocycles. The highest BCUT2D eigenvalue weighted by Crippen LogP contribution is 2.24. The Balaban J connectivity index is 1.50. The van der Waals surface area contributed by atoms with Gasteiger partial charge in [-0.05, 0) is 43.6 Å². The summed E-state index contributed by atoms with van der Waals surface area (Å²) < 4.78 is 0. The normalized spacial score (nSPS) is 22.4. The number of aliphatic hydroxyl groups is 1. The van der Waals surface area contributed by atoms with Gasteiger partial charge in [0.05, 0.1) is 18.6 Å². The number of guanidine groups is 1. The zero-order valence-corrected chi connectivity index (χ0v) is 24.4. The van der Waals surface area contributed by atoms with E-state index >= 15 is 0 Å². The third-order valence-corrected chi connectivity index (χ3v) is 8.69. The number of piperazine rings is 1. The van der Waals surface area contributed by atoms with E-state index in [2.05, 4.69) is 17.2 Å². The Morgan fingerprint density at radius 3 is 2.76 bits per heavy atom. The molecule has 4 atom stereocenters. The lowest BCUT2D eigenvalue weighted by molar-refractivity contribution is -0.160. The van der Waals surface area contributed by atoms with E-state index in [1.54, 1.807) is 21.4 Å². The number of Topliss-reactive ketones (excluding diaryl/α,β-unsaturated/α-hetero) is 1. The van der Waals surface area contributed by atoms with Crippen molar-refractivity contribution in [2.24, 2.45) is 11.7 Å². The Hall–Kier alpha value is -3.35. The summed E-state index contributed by atoms with van der Waals surface area (Å²) in [7, 11) is 0. The predicted molar refractivity (Wildman–Crippen MR) is 157 cm³/mol. The van der Waals surface area contributed by atoms with E-state index < -0.39 is 24.2 Å². The number of carbonyl (C=O) groups is 3. The van der Waals surface area contributed by atoms with Gasteiger partial charge in [0.25, 0.3) is 0 Å². The van der Waals surface area contributed by atoms with Crippen LogP contribution in [0.3, 0.4) is 0 Å². The average molecular weight is 584 g/mol. The Labute approximate surface area is 245 Å². The Kier molecular flexibility index (Phi) is 10.8. The third kappa shape index (κ3) is 8.11. The summed E-state index contributed by atoms with van der Waals surface area (Å²) >= 11 is 1.22. The number of hydrogen-bond acceptors (Lipinski definition) is 8. The van der Waals surface area contributed by atoms with Crippen molar-refractivity contribution in [3.8, 4) is 0 Å². The fourth-order valence-electron chi connectivity index (χ4n) is 5.73. The average Bonchev–Trinajstić information content (AvgIpc) is 3.51. The summed E-state index contributed by atoms with van der Waals surface area (Å²) in [5, 5.41) is 24.0. The van der Waals surface area contributed by atoms with Gasteiger partial charge in [0.1, 0.15) is 12.8 Å². The molecule has 222 valence electrons. The van der Waals surface area contributed by atoms with Gasteiger partial charge in [-0.1, -0.05) is 43.7 Å². The van der Waals surface area contributed by atoms with Crippen LogP contribution in [0.4, 0.5) is 0 Å². The SMILES string of the molecule is CCCCN1CC(=O)N(CC(=O)N[C@@H](C[C@@H]2CCCN(C(=N)N)C2)C(=O)c2nccs2)[C@H](Cc2ccccc2)C1O. The summed E-state index contributed by atoms with van der Waals surface area (Å²) in [6.45, 7) is 3.66. The van der Waals surface area contributed by atoms with Crippen molar-refractivity contribution >= 4 is 34.9 Å². The van der Waals surface area contributed by atoms with Gasteiger partial charge in [-0.2, -0.15) is 0 Å². The van der Waals surface area contributed by atoms with Crippen LogP contribution >= 0.6 is 11.3 Å². The largest absolute Gasteiger partial charge is 0.376 e. The van der Waals surface area contributed by atoms with Gasteiger partial charge < -0.3 is 26.0 Å². The van der Waals surface area contributed by atoms with Crippen molar-refractivity contribution in [1.29, 1.82) is 5.41 Å². The summed E-state index contributed by atoms with van der Waals surface area (Å²) in [6.07, 6.45) is 4.90. The van der Waals surface area contributed by atoms with Crippen LogP contribution in [0.2, 0.25) is 0 Å². The van der Waals surface area contributed by atoms with Crippen LogP contribution in [0.25, 0.3) is 0 Å². The van der Waals surface area contributed by atoms with E-state index in [1.165, 1.54) is 16.2 Å². The number of benzene rings is 1. The van der Waals surface area contributed by atoms with Crippen molar-refractivity contribution in [2.45, 2.75) is 63.8 Å². The molecule has 2 aromatic rings. The standard InChI is InChI=1S/C29H41N7O4S/c1-2-3-12-34-19-25(38)36(23(28(34)40)16-20-8-5-4-6-9-20)18-24(37)33-22(26(39)27-32-11-14-41-27)15-21-10-7-13-35(17-21)29(30)31/h4-6,8-9,11,14,21-23,28,40H,2-3,7,10,12-13,15-19H2,1H3,(H3,30,31)(H,33,37)/t21-,22-,23+,28?/m0/s1. The molecule has 0 bridgehead atoms. The van der Waals surface area contributed by atoms with Crippen molar-refractivity contribution in [3.05, 3.63) is 52.5 Å². The van der Waals surface area contributed by atoms with Gasteiger partial charge in [0.2, 0.25) is 17.6 Å². The maximum absolute atomic E-state index is 13.5. The highest BCUT2D eigenvalue weighted by Gasteiger charge is 2.41. The van der Waals surface area contributed by atoms with E-state index in [0.717, 1.165) is 31.2 Å². The number of aliphatic hydroxyl groups excluding tert-OH is 1. The Morgan fingerprint density at radius 1 is 1.29 bits per heavy atom. The molecular formula is C29H41N7O4S. The lowest BCUT2D eigenvalue weighted by Gasteiger charge is -2.45. The summed E-state index contributed by atoms with van der Waals surface area (Å²) in [5.41, 5.74) is 6.67. The zero-order chi connectivity index (χ0) is 29.4. The minimum absolute atomic E-state index is 0.00106. The van der Waals surface area contributed by atoms with Gasteiger partial charge in [0.15, 0.2) is 11.0 Å². The van der Waals surface area contributed by atoms with Crippen LogP contribution in [0.15, 0.2) is 41.9 Å². The van der Waals surface area contributed by atoms with Gasteiger partial charge in [-0.3, -0.25) is 24.7 Å². The molecule has 2 saturated heterocycles. The minimum Gasteiger partial charge on any atom is -0.376 e. The van der Waals surface area contributed by atoms with Crippen LogP contribution in [-0.4, -0.2) is 99.4 Å². The van der Waals surface area contributed by atoms with Crippen molar-refractivity contribution in [3.63, 3.8) is 0 Å². The smallest absolute Gasteiger partial charge is 0.240 e. The molecule has 2 aliphatic heterocycles. The number of hydrogen-bond donors (Lipinski definition) is 4. The molecule has 12 heteroatoms. The second-order valence-corrected chi connectivity index (χ2v) is 11.8. The number of aromatic nitrogens is 1. The number of ketones is 1. The second kappa shape index (κ2) is 14.5. The third-order valence-electron chi connectivity index (χ3n) is 7.90. The molecule has 2 aliphatic rings. The van der Waals surface area contributed by atoms with Crippen molar-refractivity contribution < 1.29 is 19.5 Å². The number of thiazole rings is 1. The van der Waals surface area contributed by atoms with Gasteiger partial charge in [-0.15, -0.1) is 11.3 Å². The van der Waals surface area contributed by atoms with Crippen LogP contribution in [-0.2, 0) is 16.0 Å². The number of nitrogens with one attached hydrogen (secondary N) is 2. The first-order valence-electron chi connectivity index (χ1n) is 14.3. The predicted octanol–water partition coefficient (Wildman–Crippen LogP) is 1.68. The lowest BCUT2D eigenvalue weighted by atomic mass is 9.90. The van der Waals surface area contributed by atoms with Crippen LogP contribution in [0.5, 0.6) is 0 Å². The number of carbonyl (C=O) groups excluding carboxylic acids is 3. The van der Waals surface area contributed by atoms with Gasteiger partial charge in [0, 0.05) is 31.2 Å². The van der Waals surface area contributed by atoms with E-state index in [0.29, 0.717) is 37.5 Å². The fraction of sp³-hybridized carbons (Fsp3) is 0.552. The number of piperidine rings is 1. The number of rotatable bonds is 12. The summed E-state index contributed by atoms with van der Waals surface area (Å²) in [5.74, 6) is -0.904. The monoisotopic (exact) mass is 583 g/mol. The Morgan fingerprint density at radius 2 is 2.07 bits per heavy atom. The number of nitrogens with two attached hydrogens (primary N) is 1. The topological polar surface area (TPSA) is 156 Å². The first-order chi connectivity index (χ1) is 19.8. The molecule has 0 spiro atoms. The maximum Gasteiger partial charge on any atom is 0.240 e. The molecule has 2 amide bonds. The molecule has 0 saturated carbocycles. The number of nitrogens with zero attached hydrogens (tertiary/aromatic N) is 4. The van der Waals surface area contributed by atoms with E-state index in [1.807, 2.05) is 30.3 Å². The van der Waals surface area contributed by atoms with E-state index in [-0.39, 0.29) is 36.7 Å². The molecule has 1 aromatic carbocycles. The first-order valence-corrected chi connectivity index (χ1v) is 15.2. The number of likely N-dealkylation sites (tertiary alicyclic amines) is 1. The molecule has 11 nitrogen and oxygen atoms in total. The van der Waals surface area contributed by atoms with Crippen LogP contribution < -0.4 is 11.1 Å². The molecule has 0 radical (unpaired) electrons. The Bertz CT molecular complexity index is 1180. The number of unbranched alkanes of at least 4 members (excludes halogenated alkanes) is 1. The molecule has 4 rings (SSSR count).